The molecule has 0 atom stereocenters. The number of halogens is 1. The molecule has 0 spiro atoms. The summed E-state index contributed by atoms with van der Waals surface area (Å²) in [4.78, 5) is 13.0. The standard InChI is InChI=1S/C25H27ClN2O6S/c1-17(2)34-22-8-6-5-7-21(22)27-25(29)16-28(19-11-9-18(26)10-12-19)35(30,31)20-13-14-23(32-3)24(15-20)33-4/h5-15,17H,16H2,1-4H3,(H,27,29). The Morgan fingerprint density at radius 1 is 0.943 bits per heavy atom. The molecule has 8 nitrogen and oxygen atoms in total. The van der Waals surface area contributed by atoms with Crippen molar-refractivity contribution >= 4 is 38.9 Å². The van der Waals surface area contributed by atoms with E-state index in [1.165, 1.54) is 44.6 Å². The zero-order chi connectivity index (χ0) is 25.6. The first-order chi connectivity index (χ1) is 16.6. The minimum Gasteiger partial charge on any atom is -0.493 e. The number of carbonyl (C=O) groups excluding carboxylic acids is 1. The van der Waals surface area contributed by atoms with Crippen molar-refractivity contribution in [2.45, 2.75) is 24.8 Å². The van der Waals surface area contributed by atoms with E-state index < -0.39 is 22.5 Å². The lowest BCUT2D eigenvalue weighted by molar-refractivity contribution is -0.114. The molecule has 3 aromatic carbocycles. The zero-order valence-corrected chi connectivity index (χ0v) is 21.4. The van der Waals surface area contributed by atoms with E-state index >= 15 is 0 Å². The first kappa shape index (κ1) is 26.2. The average molecular weight is 519 g/mol. The van der Waals surface area contributed by atoms with E-state index in [-0.39, 0.29) is 22.4 Å². The molecule has 0 aliphatic heterocycles. The Kier molecular flexibility index (Phi) is 8.48. The smallest absolute Gasteiger partial charge is 0.264 e. The summed E-state index contributed by atoms with van der Waals surface area (Å²) in [5, 5.41) is 3.18. The van der Waals surface area contributed by atoms with Gasteiger partial charge in [-0.2, -0.15) is 0 Å². The maximum Gasteiger partial charge on any atom is 0.264 e. The van der Waals surface area contributed by atoms with Crippen LogP contribution in [-0.4, -0.2) is 41.2 Å². The molecule has 186 valence electrons. The lowest BCUT2D eigenvalue weighted by Crippen LogP contribution is -2.38. The lowest BCUT2D eigenvalue weighted by Gasteiger charge is -2.25. The number of hydrogen-bond donors (Lipinski definition) is 1. The molecule has 0 aliphatic carbocycles. The van der Waals surface area contributed by atoms with Gasteiger partial charge < -0.3 is 19.5 Å². The van der Waals surface area contributed by atoms with Gasteiger partial charge in [-0.05, 0) is 62.4 Å². The number of ether oxygens (including phenoxy) is 3. The Labute approximate surface area is 210 Å². The van der Waals surface area contributed by atoms with Gasteiger partial charge in [0.25, 0.3) is 10.0 Å². The average Bonchev–Trinajstić information content (AvgIpc) is 2.83. The van der Waals surface area contributed by atoms with Gasteiger partial charge in [0.2, 0.25) is 5.91 Å². The highest BCUT2D eigenvalue weighted by Gasteiger charge is 2.28. The monoisotopic (exact) mass is 518 g/mol. The van der Waals surface area contributed by atoms with E-state index in [1.54, 1.807) is 36.4 Å². The summed E-state index contributed by atoms with van der Waals surface area (Å²) in [5.74, 6) is 0.554. The van der Waals surface area contributed by atoms with E-state index in [1.807, 2.05) is 13.8 Å². The van der Waals surface area contributed by atoms with Crippen molar-refractivity contribution in [1.29, 1.82) is 0 Å². The number of nitrogens with zero attached hydrogens (tertiary/aromatic N) is 1. The third-order valence-corrected chi connectivity index (χ3v) is 6.89. The third-order valence-electron chi connectivity index (χ3n) is 4.87. The highest BCUT2D eigenvalue weighted by molar-refractivity contribution is 7.92. The fraction of sp³-hybridized carbons (Fsp3) is 0.240. The van der Waals surface area contributed by atoms with Crippen LogP contribution >= 0.6 is 11.6 Å². The summed E-state index contributed by atoms with van der Waals surface area (Å²) in [7, 11) is -1.31. The van der Waals surface area contributed by atoms with Crippen molar-refractivity contribution < 1.29 is 27.4 Å². The van der Waals surface area contributed by atoms with Gasteiger partial charge in [-0.3, -0.25) is 9.10 Å². The summed E-state index contributed by atoms with van der Waals surface area (Å²) < 4.78 is 44.6. The highest BCUT2D eigenvalue weighted by atomic mass is 35.5. The number of amides is 1. The van der Waals surface area contributed by atoms with Crippen LogP contribution in [0, 0.1) is 0 Å². The molecule has 0 fully saturated rings. The van der Waals surface area contributed by atoms with Gasteiger partial charge >= 0.3 is 0 Å². The lowest BCUT2D eigenvalue weighted by atomic mass is 10.2. The molecule has 35 heavy (non-hydrogen) atoms. The van der Waals surface area contributed by atoms with E-state index in [4.69, 9.17) is 25.8 Å². The van der Waals surface area contributed by atoms with Crippen LogP contribution in [-0.2, 0) is 14.8 Å². The summed E-state index contributed by atoms with van der Waals surface area (Å²) in [5.41, 5.74) is 0.705. The van der Waals surface area contributed by atoms with Gasteiger partial charge in [-0.1, -0.05) is 23.7 Å². The molecule has 3 aromatic rings. The molecule has 3 rings (SSSR count). The summed E-state index contributed by atoms with van der Waals surface area (Å²) in [6, 6.07) is 17.4. The Bertz CT molecular complexity index is 1280. The highest BCUT2D eigenvalue weighted by Crippen LogP contribution is 2.33. The van der Waals surface area contributed by atoms with Gasteiger partial charge in [-0.25, -0.2) is 8.42 Å². The molecule has 1 N–H and O–H groups in total. The number of carbonyl (C=O) groups is 1. The van der Waals surface area contributed by atoms with Crippen LogP contribution in [0.25, 0.3) is 0 Å². The third kappa shape index (κ3) is 6.37. The fourth-order valence-electron chi connectivity index (χ4n) is 3.27. The minimum absolute atomic E-state index is 0.0681. The van der Waals surface area contributed by atoms with Gasteiger partial charge in [-0.15, -0.1) is 0 Å². The van der Waals surface area contributed by atoms with Crippen LogP contribution in [0.15, 0.2) is 71.6 Å². The van der Waals surface area contributed by atoms with Gasteiger partial charge in [0, 0.05) is 11.1 Å². The van der Waals surface area contributed by atoms with Crippen LogP contribution in [0.5, 0.6) is 17.2 Å². The van der Waals surface area contributed by atoms with E-state index in [2.05, 4.69) is 5.32 Å². The van der Waals surface area contributed by atoms with Crippen LogP contribution in [0.3, 0.4) is 0 Å². The normalized spacial score (nSPS) is 11.1. The molecule has 0 heterocycles. The number of methoxy groups -OCH3 is 2. The van der Waals surface area contributed by atoms with Gasteiger partial charge in [0.15, 0.2) is 11.5 Å². The molecule has 10 heteroatoms. The van der Waals surface area contributed by atoms with Crippen molar-refractivity contribution in [3.05, 3.63) is 71.8 Å². The van der Waals surface area contributed by atoms with Crippen molar-refractivity contribution in [2.75, 3.05) is 30.4 Å². The number of benzene rings is 3. The predicted octanol–water partition coefficient (Wildman–Crippen LogP) is 4.98. The molecule has 0 aromatic heterocycles. The number of para-hydroxylation sites is 2. The maximum atomic E-state index is 13.7. The molecule has 0 bridgehead atoms. The van der Waals surface area contributed by atoms with Gasteiger partial charge in [0.1, 0.15) is 12.3 Å². The summed E-state index contributed by atoms with van der Waals surface area (Å²) in [6.45, 7) is 3.25. The molecular formula is C25H27ClN2O6S. The second kappa shape index (κ2) is 11.3. The SMILES string of the molecule is COc1ccc(S(=O)(=O)N(CC(=O)Nc2ccccc2OC(C)C)c2ccc(Cl)cc2)cc1OC. The van der Waals surface area contributed by atoms with Crippen LogP contribution in [0.1, 0.15) is 13.8 Å². The van der Waals surface area contributed by atoms with Crippen molar-refractivity contribution in [2.24, 2.45) is 0 Å². The number of sulfonamides is 1. The summed E-state index contributed by atoms with van der Waals surface area (Å²) in [6.07, 6.45) is -0.107. The quantitative estimate of drug-likeness (QED) is 0.407. The van der Waals surface area contributed by atoms with E-state index in [0.29, 0.717) is 22.2 Å². The molecular weight excluding hydrogens is 492 g/mol. The topological polar surface area (TPSA) is 94.2 Å². The first-order valence-corrected chi connectivity index (χ1v) is 12.5. The Balaban J connectivity index is 1.97. The van der Waals surface area contributed by atoms with Crippen LogP contribution in [0.2, 0.25) is 5.02 Å². The zero-order valence-electron chi connectivity index (χ0n) is 19.8. The van der Waals surface area contributed by atoms with Crippen molar-refractivity contribution in [3.8, 4) is 17.2 Å². The van der Waals surface area contributed by atoms with Crippen molar-refractivity contribution in [1.82, 2.24) is 0 Å². The molecule has 1 amide bonds. The molecule has 0 aliphatic rings. The molecule has 0 saturated heterocycles. The van der Waals surface area contributed by atoms with E-state index in [0.717, 1.165) is 4.31 Å². The summed E-state index contributed by atoms with van der Waals surface area (Å²) >= 11 is 6.00. The first-order valence-electron chi connectivity index (χ1n) is 10.7. The fourth-order valence-corrected chi connectivity index (χ4v) is 4.84. The number of hydrogen-bond acceptors (Lipinski definition) is 6. The van der Waals surface area contributed by atoms with Crippen LogP contribution in [0.4, 0.5) is 11.4 Å². The second-order valence-electron chi connectivity index (χ2n) is 7.72. The maximum absolute atomic E-state index is 13.7. The molecule has 0 radical (unpaired) electrons. The molecule has 0 unspecified atom stereocenters. The van der Waals surface area contributed by atoms with E-state index in [9.17, 15) is 13.2 Å². The molecule has 0 saturated carbocycles. The Morgan fingerprint density at radius 3 is 2.23 bits per heavy atom. The van der Waals surface area contributed by atoms with Gasteiger partial charge in [0.05, 0.1) is 36.6 Å². The largest absolute Gasteiger partial charge is 0.493 e. The predicted molar refractivity (Wildman–Crippen MR) is 136 cm³/mol. The minimum atomic E-state index is -4.18. The number of anilines is 2. The van der Waals surface area contributed by atoms with Crippen LogP contribution < -0.4 is 23.8 Å². The second-order valence-corrected chi connectivity index (χ2v) is 10.0. The Hall–Kier alpha value is -3.43. The van der Waals surface area contributed by atoms with Crippen molar-refractivity contribution in [3.63, 3.8) is 0 Å². The Morgan fingerprint density at radius 2 is 1.60 bits per heavy atom. The number of rotatable bonds is 10. The number of nitrogens with one attached hydrogen (secondary N) is 1.